The van der Waals surface area contributed by atoms with Crippen LogP contribution >= 0.6 is 11.3 Å². The molecule has 0 radical (unpaired) electrons. The van der Waals surface area contributed by atoms with Crippen molar-refractivity contribution in [3.05, 3.63) is 58.9 Å². The van der Waals surface area contributed by atoms with E-state index in [2.05, 4.69) is 9.88 Å². The predicted octanol–water partition coefficient (Wildman–Crippen LogP) is 3.68. The van der Waals surface area contributed by atoms with E-state index in [0.717, 1.165) is 36.4 Å². The van der Waals surface area contributed by atoms with Gasteiger partial charge in [0.15, 0.2) is 11.7 Å². The van der Waals surface area contributed by atoms with Gasteiger partial charge in [0, 0.05) is 31.7 Å². The topological polar surface area (TPSA) is 60.2 Å². The highest BCUT2D eigenvalue weighted by atomic mass is 32.1. The zero-order valence-electron chi connectivity index (χ0n) is 15.4. The Kier molecular flexibility index (Phi) is 5.07. The Morgan fingerprint density at radius 2 is 1.96 bits per heavy atom. The van der Waals surface area contributed by atoms with Crippen LogP contribution in [0, 0.1) is 17.1 Å². The zero-order valence-corrected chi connectivity index (χ0v) is 16.2. The average Bonchev–Trinajstić information content (AvgIpc) is 3.13. The normalized spacial score (nSPS) is 16.1. The molecular formula is C21H19FN4OS. The van der Waals surface area contributed by atoms with Gasteiger partial charge in [-0.3, -0.25) is 4.79 Å². The van der Waals surface area contributed by atoms with Crippen molar-refractivity contribution in [1.82, 2.24) is 9.88 Å². The highest BCUT2D eigenvalue weighted by Gasteiger charge is 2.27. The number of benzene rings is 2. The van der Waals surface area contributed by atoms with Gasteiger partial charge in [0.1, 0.15) is 10.8 Å². The van der Waals surface area contributed by atoms with E-state index in [1.165, 1.54) is 17.4 Å². The first-order valence-corrected chi connectivity index (χ1v) is 9.91. The van der Waals surface area contributed by atoms with Gasteiger partial charge in [-0.05, 0) is 37.4 Å². The third-order valence-electron chi connectivity index (χ3n) is 5.02. The molecule has 0 unspecified atom stereocenters. The summed E-state index contributed by atoms with van der Waals surface area (Å²) < 4.78 is 15.6. The third-order valence-corrected chi connectivity index (χ3v) is 6.13. The summed E-state index contributed by atoms with van der Waals surface area (Å²) in [5, 5.41) is 10.0. The van der Waals surface area contributed by atoms with Crippen molar-refractivity contribution in [2.45, 2.75) is 5.92 Å². The average molecular weight is 394 g/mol. The predicted molar refractivity (Wildman–Crippen MR) is 108 cm³/mol. The maximum atomic E-state index is 14.7. The van der Waals surface area contributed by atoms with Crippen LogP contribution in [-0.4, -0.2) is 48.9 Å². The summed E-state index contributed by atoms with van der Waals surface area (Å²) in [6.07, 6.45) is 0. The van der Waals surface area contributed by atoms with Gasteiger partial charge in [-0.15, -0.1) is 11.3 Å². The first-order chi connectivity index (χ1) is 13.6. The molecule has 5 nitrogen and oxygen atoms in total. The number of halogens is 1. The fourth-order valence-corrected chi connectivity index (χ4v) is 4.38. The minimum absolute atomic E-state index is 0.196. The van der Waals surface area contributed by atoms with E-state index >= 15 is 0 Å². The summed E-state index contributed by atoms with van der Waals surface area (Å²) in [5.74, 6) is -1.90. The van der Waals surface area contributed by atoms with Gasteiger partial charge in [-0.1, -0.05) is 12.1 Å². The number of rotatable bonds is 4. The van der Waals surface area contributed by atoms with Crippen molar-refractivity contribution in [3.8, 4) is 6.07 Å². The molecule has 1 fully saturated rings. The fourth-order valence-electron chi connectivity index (χ4n) is 3.37. The van der Waals surface area contributed by atoms with Crippen LogP contribution in [0.1, 0.15) is 21.3 Å². The Hall–Kier alpha value is -2.82. The lowest BCUT2D eigenvalue weighted by Crippen LogP contribution is -2.44. The Morgan fingerprint density at radius 3 is 2.64 bits per heavy atom. The van der Waals surface area contributed by atoms with Crippen molar-refractivity contribution >= 4 is 33.0 Å². The van der Waals surface area contributed by atoms with Gasteiger partial charge in [0.2, 0.25) is 0 Å². The number of carbonyl (C=O) groups excluding carboxylic acids is 1. The Bertz CT molecular complexity index is 1030. The van der Waals surface area contributed by atoms with Crippen molar-refractivity contribution in [3.63, 3.8) is 0 Å². The van der Waals surface area contributed by atoms with Crippen LogP contribution in [0.2, 0.25) is 0 Å². The summed E-state index contributed by atoms with van der Waals surface area (Å²) in [6.45, 7) is 3.23. The fraction of sp³-hybridized carbons (Fsp3) is 0.286. The van der Waals surface area contributed by atoms with E-state index in [1.54, 1.807) is 12.1 Å². The number of anilines is 1. The minimum atomic E-state index is -1.04. The first kappa shape index (κ1) is 18.5. The number of nitriles is 1. The number of hydrogen-bond donors (Lipinski definition) is 0. The molecule has 28 heavy (non-hydrogen) atoms. The smallest absolute Gasteiger partial charge is 0.187 e. The largest absolute Gasteiger partial charge is 0.367 e. The molecule has 0 spiro atoms. The molecule has 1 aliphatic rings. The number of ketones is 1. The molecule has 1 aliphatic heterocycles. The van der Waals surface area contributed by atoms with Crippen molar-refractivity contribution in [2.75, 3.05) is 38.1 Å². The number of aromatic nitrogens is 1. The lowest BCUT2D eigenvalue weighted by Gasteiger charge is -2.34. The molecule has 0 bridgehead atoms. The quantitative estimate of drug-likeness (QED) is 0.632. The Morgan fingerprint density at radius 1 is 1.21 bits per heavy atom. The van der Waals surface area contributed by atoms with Crippen LogP contribution in [0.15, 0.2) is 42.5 Å². The highest BCUT2D eigenvalue weighted by molar-refractivity contribution is 7.18. The number of para-hydroxylation sites is 1. The summed E-state index contributed by atoms with van der Waals surface area (Å²) >= 11 is 1.32. The maximum absolute atomic E-state index is 14.7. The van der Waals surface area contributed by atoms with E-state index in [9.17, 15) is 14.4 Å². The molecule has 2 heterocycles. The van der Waals surface area contributed by atoms with Crippen LogP contribution in [0.25, 0.3) is 10.2 Å². The molecule has 1 saturated heterocycles. The molecule has 3 aromatic rings. The number of hydrogen-bond acceptors (Lipinski definition) is 6. The second kappa shape index (κ2) is 7.66. The Labute approximate surface area is 166 Å². The van der Waals surface area contributed by atoms with Gasteiger partial charge in [-0.25, -0.2) is 9.37 Å². The number of carbonyl (C=O) groups is 1. The lowest BCUT2D eigenvalue weighted by atomic mass is 9.98. The Balaban J connectivity index is 1.59. The van der Waals surface area contributed by atoms with Gasteiger partial charge >= 0.3 is 0 Å². The summed E-state index contributed by atoms with van der Waals surface area (Å²) in [7, 11) is 2.04. The van der Waals surface area contributed by atoms with E-state index < -0.39 is 17.5 Å². The molecule has 0 amide bonds. The number of Topliss-reactive ketones (excluding diaryl/α,β-unsaturated/α-hetero) is 1. The van der Waals surface area contributed by atoms with Crippen LogP contribution in [0.4, 0.5) is 10.1 Å². The van der Waals surface area contributed by atoms with Gasteiger partial charge in [0.25, 0.3) is 0 Å². The number of piperazine rings is 1. The van der Waals surface area contributed by atoms with E-state index in [-0.39, 0.29) is 5.56 Å². The van der Waals surface area contributed by atoms with Gasteiger partial charge in [-0.2, -0.15) is 5.26 Å². The molecule has 2 aromatic carbocycles. The van der Waals surface area contributed by atoms with E-state index in [1.807, 2.05) is 42.3 Å². The number of fused-ring (bicyclic) bond motifs is 1. The van der Waals surface area contributed by atoms with Crippen LogP contribution in [-0.2, 0) is 0 Å². The standard InChI is InChI=1S/C21H19FN4OS/c1-25-8-10-26(11-9-25)18-7-6-14(12-16(18)22)20(27)15(13-23)21-24-17-4-2-3-5-19(17)28-21/h2-7,12,15H,8-11H2,1H3/t15-/m0/s1. The van der Waals surface area contributed by atoms with E-state index in [4.69, 9.17) is 0 Å². The summed E-state index contributed by atoms with van der Waals surface area (Å²) in [6, 6.07) is 14.0. The molecule has 142 valence electrons. The second-order valence-corrected chi connectivity index (χ2v) is 7.96. The minimum Gasteiger partial charge on any atom is -0.367 e. The van der Waals surface area contributed by atoms with Crippen molar-refractivity contribution in [1.29, 1.82) is 5.26 Å². The van der Waals surface area contributed by atoms with Gasteiger partial charge in [0.05, 0.1) is 22.0 Å². The maximum Gasteiger partial charge on any atom is 0.187 e. The van der Waals surface area contributed by atoms with E-state index in [0.29, 0.717) is 10.7 Å². The first-order valence-electron chi connectivity index (χ1n) is 9.09. The summed E-state index contributed by atoms with van der Waals surface area (Å²) in [4.78, 5) is 21.5. The molecule has 0 N–H and O–H groups in total. The third kappa shape index (κ3) is 3.49. The molecule has 1 atom stereocenters. The summed E-state index contributed by atoms with van der Waals surface area (Å²) in [5.41, 5.74) is 1.45. The lowest BCUT2D eigenvalue weighted by molar-refractivity contribution is 0.0978. The second-order valence-electron chi connectivity index (χ2n) is 6.90. The van der Waals surface area contributed by atoms with Crippen LogP contribution in [0.5, 0.6) is 0 Å². The molecule has 0 saturated carbocycles. The molecule has 7 heteroatoms. The SMILES string of the molecule is CN1CCN(c2ccc(C(=O)[C@H](C#N)c3nc4ccccc4s3)cc2F)CC1. The zero-order chi connectivity index (χ0) is 19.7. The molecule has 1 aromatic heterocycles. The molecule has 4 rings (SSSR count). The van der Waals surface area contributed by atoms with Crippen LogP contribution in [0.3, 0.4) is 0 Å². The monoisotopic (exact) mass is 394 g/mol. The number of thiazole rings is 1. The van der Waals surface area contributed by atoms with Crippen LogP contribution < -0.4 is 4.90 Å². The highest BCUT2D eigenvalue weighted by Crippen LogP contribution is 2.30. The van der Waals surface area contributed by atoms with Gasteiger partial charge < -0.3 is 9.80 Å². The number of nitrogens with zero attached hydrogens (tertiary/aromatic N) is 4. The number of likely N-dealkylation sites (N-methyl/N-ethyl adjacent to an activating group) is 1. The molecule has 0 aliphatic carbocycles. The van der Waals surface area contributed by atoms with Crippen molar-refractivity contribution in [2.24, 2.45) is 0 Å². The molecular weight excluding hydrogens is 375 g/mol. The van der Waals surface area contributed by atoms with Crippen molar-refractivity contribution < 1.29 is 9.18 Å².